The first-order valence-electron chi connectivity index (χ1n) is 4.28. The molecule has 0 bridgehead atoms. The van der Waals surface area contributed by atoms with Crippen LogP contribution in [0.5, 0.6) is 0 Å². The predicted octanol–water partition coefficient (Wildman–Crippen LogP) is 1.60. The SMILES string of the molecule is CC(C)C[O][AlH][O]CC(C)C. The molecule has 0 aromatic rings. The van der Waals surface area contributed by atoms with E-state index >= 15 is 0 Å². The second-order valence-corrected chi connectivity index (χ2v) is 4.70. The molecular weight excluding hydrogens is 155 g/mol. The summed E-state index contributed by atoms with van der Waals surface area (Å²) in [6.45, 7) is 10.3. The van der Waals surface area contributed by atoms with Crippen LogP contribution in [0.25, 0.3) is 0 Å². The summed E-state index contributed by atoms with van der Waals surface area (Å²) in [7, 11) is 0. The third-order valence-electron chi connectivity index (χ3n) is 1.07. The van der Waals surface area contributed by atoms with Crippen LogP contribution >= 0.6 is 0 Å². The third-order valence-corrected chi connectivity index (χ3v) is 1.87. The Hall–Kier alpha value is 0.452. The second kappa shape index (κ2) is 7.12. The average molecular weight is 174 g/mol. The molecule has 0 aliphatic rings. The Kier molecular flexibility index (Phi) is 7.41. The molecule has 0 atom stereocenters. The summed E-state index contributed by atoms with van der Waals surface area (Å²) < 4.78 is 10.7. The molecule has 0 spiro atoms. The van der Waals surface area contributed by atoms with Crippen molar-refractivity contribution in [1.29, 1.82) is 0 Å². The van der Waals surface area contributed by atoms with E-state index < -0.39 is 15.9 Å². The molecule has 2 nitrogen and oxygen atoms in total. The van der Waals surface area contributed by atoms with Gasteiger partial charge in [-0.3, -0.25) is 0 Å². The number of hydrogen-bond acceptors (Lipinski definition) is 2. The van der Waals surface area contributed by atoms with Crippen LogP contribution in [0.15, 0.2) is 0 Å². The lowest BCUT2D eigenvalue weighted by molar-refractivity contribution is 0.185. The number of hydrogen-bond donors (Lipinski definition) is 0. The zero-order chi connectivity index (χ0) is 8.69. The van der Waals surface area contributed by atoms with E-state index in [1.807, 2.05) is 0 Å². The monoisotopic (exact) mass is 174 g/mol. The van der Waals surface area contributed by atoms with E-state index in [4.69, 9.17) is 7.58 Å². The minimum Gasteiger partial charge on any atom is -0.481 e. The van der Waals surface area contributed by atoms with Gasteiger partial charge in [0.1, 0.15) is 0 Å². The van der Waals surface area contributed by atoms with Crippen LogP contribution in [0.2, 0.25) is 0 Å². The van der Waals surface area contributed by atoms with Gasteiger partial charge in [0.15, 0.2) is 0 Å². The fourth-order valence-electron chi connectivity index (χ4n) is 0.627. The molecule has 11 heavy (non-hydrogen) atoms. The van der Waals surface area contributed by atoms with Gasteiger partial charge in [0.05, 0.1) is 0 Å². The van der Waals surface area contributed by atoms with Gasteiger partial charge >= 0.3 is 15.9 Å². The van der Waals surface area contributed by atoms with Crippen molar-refractivity contribution in [2.75, 3.05) is 13.2 Å². The van der Waals surface area contributed by atoms with Crippen molar-refractivity contribution >= 4 is 15.9 Å². The van der Waals surface area contributed by atoms with Crippen molar-refractivity contribution in [2.45, 2.75) is 27.7 Å². The zero-order valence-electron chi connectivity index (χ0n) is 8.09. The molecule has 66 valence electrons. The van der Waals surface area contributed by atoms with E-state index in [9.17, 15) is 0 Å². The van der Waals surface area contributed by atoms with Crippen LogP contribution in [-0.4, -0.2) is 29.1 Å². The predicted molar refractivity (Wildman–Crippen MR) is 48.7 cm³/mol. The Bertz CT molecular complexity index is 74.2. The first kappa shape index (κ1) is 11.5. The molecule has 0 radical (unpaired) electrons. The summed E-state index contributed by atoms with van der Waals surface area (Å²) in [6, 6.07) is 0. The zero-order valence-corrected chi connectivity index (χ0v) is 9.51. The third kappa shape index (κ3) is 10.5. The fraction of sp³-hybridized carbons (Fsp3) is 1.00. The fourth-order valence-corrected chi connectivity index (χ4v) is 1.88. The smallest absolute Gasteiger partial charge is 0.481 e. The lowest BCUT2D eigenvalue weighted by atomic mass is 10.2. The molecule has 0 aliphatic heterocycles. The molecule has 0 rings (SSSR count). The lowest BCUT2D eigenvalue weighted by Gasteiger charge is -2.08. The Balaban J connectivity index is 2.91. The highest BCUT2D eigenvalue weighted by atomic mass is 27.2. The summed E-state index contributed by atoms with van der Waals surface area (Å²) >= 11 is -0.674. The van der Waals surface area contributed by atoms with Gasteiger partial charge in [-0.2, -0.15) is 0 Å². The highest BCUT2D eigenvalue weighted by Gasteiger charge is 2.00. The first-order valence-corrected chi connectivity index (χ1v) is 5.44. The van der Waals surface area contributed by atoms with Crippen LogP contribution in [0, 0.1) is 11.8 Å². The highest BCUT2D eigenvalue weighted by molar-refractivity contribution is 6.17. The van der Waals surface area contributed by atoms with Gasteiger partial charge in [0.2, 0.25) is 0 Å². The molecule has 0 aliphatic carbocycles. The molecule has 0 aromatic heterocycles. The Morgan fingerprint density at radius 1 is 0.909 bits per heavy atom. The Morgan fingerprint density at radius 2 is 1.27 bits per heavy atom. The van der Waals surface area contributed by atoms with Crippen LogP contribution in [0.4, 0.5) is 0 Å². The van der Waals surface area contributed by atoms with Gasteiger partial charge in [-0.25, -0.2) is 0 Å². The van der Waals surface area contributed by atoms with Crippen LogP contribution < -0.4 is 0 Å². The molecule has 0 aromatic carbocycles. The number of rotatable bonds is 6. The summed E-state index contributed by atoms with van der Waals surface area (Å²) in [5.41, 5.74) is 0. The van der Waals surface area contributed by atoms with Crippen molar-refractivity contribution < 1.29 is 7.58 Å². The first-order chi connectivity index (χ1) is 5.13. The van der Waals surface area contributed by atoms with E-state index in [0.29, 0.717) is 11.8 Å². The maximum Gasteiger partial charge on any atom is 0.649 e. The molecule has 0 heterocycles. The largest absolute Gasteiger partial charge is 0.649 e. The molecule has 0 N–H and O–H groups in total. The van der Waals surface area contributed by atoms with Gasteiger partial charge in [-0.05, 0) is 11.8 Å². The van der Waals surface area contributed by atoms with E-state index in [1.54, 1.807) is 0 Å². The van der Waals surface area contributed by atoms with E-state index in [-0.39, 0.29) is 0 Å². The summed E-state index contributed by atoms with van der Waals surface area (Å²) in [6.07, 6.45) is 0. The van der Waals surface area contributed by atoms with Crippen LogP contribution in [0.1, 0.15) is 27.7 Å². The van der Waals surface area contributed by atoms with Gasteiger partial charge in [0.25, 0.3) is 0 Å². The Labute approximate surface area is 76.7 Å². The summed E-state index contributed by atoms with van der Waals surface area (Å²) in [4.78, 5) is 0. The van der Waals surface area contributed by atoms with Crippen LogP contribution in [0.3, 0.4) is 0 Å². The average Bonchev–Trinajstić information content (AvgIpc) is 1.85. The quantitative estimate of drug-likeness (QED) is 0.450. The van der Waals surface area contributed by atoms with Crippen molar-refractivity contribution in [3.8, 4) is 0 Å². The highest BCUT2D eigenvalue weighted by Crippen LogP contribution is 1.93. The second-order valence-electron chi connectivity index (χ2n) is 3.65. The van der Waals surface area contributed by atoms with Gasteiger partial charge in [-0.15, -0.1) is 0 Å². The van der Waals surface area contributed by atoms with E-state index in [1.165, 1.54) is 0 Å². The molecule has 0 amide bonds. The molecule has 0 unspecified atom stereocenters. The normalized spacial score (nSPS) is 11.1. The maximum absolute atomic E-state index is 5.36. The van der Waals surface area contributed by atoms with Crippen molar-refractivity contribution in [2.24, 2.45) is 11.8 Å². The van der Waals surface area contributed by atoms with Gasteiger partial charge < -0.3 is 7.58 Å². The topological polar surface area (TPSA) is 18.5 Å². The maximum atomic E-state index is 5.36. The molecule has 3 heteroatoms. The van der Waals surface area contributed by atoms with E-state index in [0.717, 1.165) is 13.2 Å². The van der Waals surface area contributed by atoms with Crippen LogP contribution in [-0.2, 0) is 7.58 Å². The molecule has 0 fully saturated rings. The standard InChI is InChI=1S/2C4H9O.Al.H/c2*1-4(2)3-5;;/h2*4H,3H2,1-2H3;;/q2*-1;+2;. The van der Waals surface area contributed by atoms with Crippen molar-refractivity contribution in [3.63, 3.8) is 0 Å². The van der Waals surface area contributed by atoms with Crippen molar-refractivity contribution in [3.05, 3.63) is 0 Å². The Morgan fingerprint density at radius 3 is 1.55 bits per heavy atom. The minimum absolute atomic E-state index is 0.630. The molecule has 0 saturated heterocycles. The molecular formula is C8H19AlO2. The van der Waals surface area contributed by atoms with E-state index in [2.05, 4.69) is 27.7 Å². The summed E-state index contributed by atoms with van der Waals surface area (Å²) in [5.74, 6) is 1.26. The van der Waals surface area contributed by atoms with Gasteiger partial charge in [0, 0.05) is 13.2 Å². The molecule has 0 saturated carbocycles. The van der Waals surface area contributed by atoms with Crippen molar-refractivity contribution in [1.82, 2.24) is 0 Å². The summed E-state index contributed by atoms with van der Waals surface area (Å²) in [5, 5.41) is 0. The minimum atomic E-state index is -0.674. The lowest BCUT2D eigenvalue weighted by Crippen LogP contribution is -2.12. The van der Waals surface area contributed by atoms with Gasteiger partial charge in [-0.1, -0.05) is 27.7 Å².